The van der Waals surface area contributed by atoms with Crippen molar-refractivity contribution in [1.82, 2.24) is 15.6 Å². The second-order valence-corrected chi connectivity index (χ2v) is 8.88. The molecule has 0 fully saturated rings. The molecule has 6 nitrogen and oxygen atoms in total. The van der Waals surface area contributed by atoms with Crippen molar-refractivity contribution >= 4 is 39.5 Å². The Labute approximate surface area is 186 Å². The van der Waals surface area contributed by atoms with Crippen molar-refractivity contribution in [2.75, 3.05) is 6.61 Å². The summed E-state index contributed by atoms with van der Waals surface area (Å²) in [6.07, 6.45) is 2.71. The molecule has 1 amide bonds. The highest BCUT2D eigenvalue weighted by molar-refractivity contribution is 7.16. The molecule has 1 atom stereocenters. The number of hydrogen-bond acceptors (Lipinski definition) is 6. The number of thiazole rings is 1. The molecule has 4 rings (SSSR count). The number of aromatic nitrogens is 1. The summed E-state index contributed by atoms with van der Waals surface area (Å²) in [5.41, 5.74) is 5.23. The van der Waals surface area contributed by atoms with Gasteiger partial charge in [-0.15, -0.1) is 11.3 Å². The van der Waals surface area contributed by atoms with Crippen molar-refractivity contribution in [1.29, 1.82) is 0 Å². The van der Waals surface area contributed by atoms with Gasteiger partial charge in [-0.2, -0.15) is 0 Å². The smallest absolute Gasteiger partial charge is 0.276 e. The van der Waals surface area contributed by atoms with Gasteiger partial charge in [0.15, 0.2) is 0 Å². The van der Waals surface area contributed by atoms with Gasteiger partial charge in [-0.25, -0.2) is 9.98 Å². The number of guanidine groups is 1. The molecule has 2 aromatic carbocycles. The first kappa shape index (κ1) is 21.2. The van der Waals surface area contributed by atoms with Crippen LogP contribution in [0.2, 0.25) is 0 Å². The summed E-state index contributed by atoms with van der Waals surface area (Å²) in [4.78, 5) is 21.2. The molecular weight excluding hydrogens is 408 g/mol. The molecule has 0 aliphatic carbocycles. The molecular formula is C24H26N4O2S. The number of aliphatic imine (C=N–C) groups is 1. The molecule has 3 aromatic rings. The lowest BCUT2D eigenvalue weighted by Gasteiger charge is -2.21. The van der Waals surface area contributed by atoms with E-state index >= 15 is 0 Å². The number of nitrogens with zero attached hydrogens (tertiary/aromatic N) is 2. The summed E-state index contributed by atoms with van der Waals surface area (Å²) in [6.45, 7) is 5.42. The van der Waals surface area contributed by atoms with Crippen LogP contribution in [0.1, 0.15) is 31.4 Å². The minimum atomic E-state index is -0.208. The molecule has 0 radical (unpaired) electrons. The third-order valence-corrected chi connectivity index (χ3v) is 5.67. The zero-order chi connectivity index (χ0) is 21.6. The predicted molar refractivity (Wildman–Crippen MR) is 126 cm³/mol. The maximum atomic E-state index is 12.4. The van der Waals surface area contributed by atoms with E-state index in [1.807, 2.05) is 54.0 Å². The Kier molecular flexibility index (Phi) is 6.74. The fourth-order valence-electron chi connectivity index (χ4n) is 3.48. The fraction of sp³-hybridized carbons (Fsp3) is 0.292. The van der Waals surface area contributed by atoms with Crippen molar-refractivity contribution < 1.29 is 9.53 Å². The van der Waals surface area contributed by atoms with Gasteiger partial charge in [0.1, 0.15) is 5.70 Å². The summed E-state index contributed by atoms with van der Waals surface area (Å²) in [6, 6.07) is 16.1. The highest BCUT2D eigenvalue weighted by Gasteiger charge is 2.23. The Morgan fingerprint density at radius 2 is 2.03 bits per heavy atom. The van der Waals surface area contributed by atoms with E-state index in [-0.39, 0.29) is 11.9 Å². The number of ether oxygens (including phenoxy) is 1. The van der Waals surface area contributed by atoms with Crippen LogP contribution >= 0.6 is 11.3 Å². The lowest BCUT2D eigenvalue weighted by Crippen LogP contribution is -2.45. The number of benzene rings is 2. The van der Waals surface area contributed by atoms with Crippen LogP contribution in [0, 0.1) is 5.92 Å². The summed E-state index contributed by atoms with van der Waals surface area (Å²) < 4.78 is 7.01. The molecule has 31 heavy (non-hydrogen) atoms. The number of hydrogen-bond donors (Lipinski definition) is 2. The average molecular weight is 435 g/mol. The lowest BCUT2D eigenvalue weighted by molar-refractivity contribution is -0.115. The number of fused-ring (bicyclic) bond motifs is 1. The minimum Gasteiger partial charge on any atom is -0.375 e. The molecule has 1 aromatic heterocycles. The zero-order valence-corrected chi connectivity index (χ0v) is 18.5. The van der Waals surface area contributed by atoms with Crippen molar-refractivity contribution in [3.05, 3.63) is 70.9 Å². The second-order valence-electron chi connectivity index (χ2n) is 8.00. The molecule has 1 aliphatic rings. The standard InChI is InChI=1S/C24H26N4O2S/c1-16(2)10-19(14-30-13-17-6-4-3-5-7-17)26-24-27-21(23(29)28-24)11-18-8-9-20-22(12-18)31-15-25-20/h3-9,11-12,15-16,19H,10,13-14H2,1-2H3,(H2,26,27,28,29)/b21-11-/t19-/m1/s1. The summed E-state index contributed by atoms with van der Waals surface area (Å²) >= 11 is 1.58. The molecule has 0 bridgehead atoms. The highest BCUT2D eigenvalue weighted by Crippen LogP contribution is 2.21. The van der Waals surface area contributed by atoms with Gasteiger partial charge in [0, 0.05) is 0 Å². The van der Waals surface area contributed by atoms with E-state index < -0.39 is 0 Å². The van der Waals surface area contributed by atoms with Gasteiger partial charge in [0.25, 0.3) is 5.91 Å². The van der Waals surface area contributed by atoms with Gasteiger partial charge in [0.2, 0.25) is 5.96 Å². The Bertz CT molecular complexity index is 1100. The largest absolute Gasteiger partial charge is 0.375 e. The van der Waals surface area contributed by atoms with Crippen molar-refractivity contribution in [3.63, 3.8) is 0 Å². The van der Waals surface area contributed by atoms with Crippen LogP contribution in [-0.4, -0.2) is 29.5 Å². The molecule has 2 heterocycles. The van der Waals surface area contributed by atoms with Crippen LogP contribution in [0.15, 0.2) is 64.7 Å². The normalized spacial score (nSPS) is 16.0. The molecule has 0 saturated carbocycles. The van der Waals surface area contributed by atoms with Gasteiger partial charge >= 0.3 is 0 Å². The van der Waals surface area contributed by atoms with E-state index in [0.29, 0.717) is 30.8 Å². The maximum absolute atomic E-state index is 12.4. The van der Waals surface area contributed by atoms with E-state index in [4.69, 9.17) is 4.74 Å². The zero-order valence-electron chi connectivity index (χ0n) is 17.7. The van der Waals surface area contributed by atoms with Crippen LogP contribution in [0.3, 0.4) is 0 Å². The van der Waals surface area contributed by atoms with Gasteiger partial charge in [0.05, 0.1) is 35.0 Å². The molecule has 0 spiro atoms. The molecule has 0 saturated heterocycles. The van der Waals surface area contributed by atoms with Gasteiger partial charge in [-0.1, -0.05) is 50.2 Å². The monoisotopic (exact) mass is 434 g/mol. The van der Waals surface area contributed by atoms with Crippen molar-refractivity contribution in [2.24, 2.45) is 10.9 Å². The molecule has 7 heteroatoms. The van der Waals surface area contributed by atoms with Gasteiger partial charge in [-0.05, 0) is 41.7 Å². The first-order valence-electron chi connectivity index (χ1n) is 10.4. The van der Waals surface area contributed by atoms with Crippen LogP contribution in [-0.2, 0) is 16.1 Å². The number of carbonyl (C=O) groups excluding carboxylic acids is 1. The van der Waals surface area contributed by atoms with E-state index in [1.165, 1.54) is 0 Å². The number of rotatable bonds is 8. The summed E-state index contributed by atoms with van der Waals surface area (Å²) in [7, 11) is 0. The number of amides is 1. The topological polar surface area (TPSA) is 75.6 Å². The van der Waals surface area contributed by atoms with Crippen LogP contribution < -0.4 is 10.6 Å². The van der Waals surface area contributed by atoms with Crippen molar-refractivity contribution in [2.45, 2.75) is 32.9 Å². The predicted octanol–water partition coefficient (Wildman–Crippen LogP) is 4.34. The van der Waals surface area contributed by atoms with Crippen LogP contribution in [0.25, 0.3) is 16.3 Å². The third-order valence-electron chi connectivity index (χ3n) is 4.88. The van der Waals surface area contributed by atoms with E-state index in [2.05, 4.69) is 34.5 Å². The first-order chi connectivity index (χ1) is 15.1. The van der Waals surface area contributed by atoms with Crippen LogP contribution in [0.4, 0.5) is 0 Å². The molecule has 160 valence electrons. The lowest BCUT2D eigenvalue weighted by atomic mass is 10.0. The Hall–Kier alpha value is -3.03. The van der Waals surface area contributed by atoms with E-state index in [9.17, 15) is 4.79 Å². The first-order valence-corrected chi connectivity index (χ1v) is 11.3. The molecule has 1 aliphatic heterocycles. The summed E-state index contributed by atoms with van der Waals surface area (Å²) in [5.74, 6) is 0.751. The van der Waals surface area contributed by atoms with Gasteiger partial charge in [-0.3, -0.25) is 10.1 Å². The Morgan fingerprint density at radius 1 is 1.19 bits per heavy atom. The Balaban J connectivity index is 1.41. The number of carbonyl (C=O) groups is 1. The molecule has 0 unspecified atom stereocenters. The number of nitrogens with one attached hydrogen (secondary N) is 2. The van der Waals surface area contributed by atoms with Crippen LogP contribution in [0.5, 0.6) is 0 Å². The molecule has 2 N–H and O–H groups in total. The maximum Gasteiger partial charge on any atom is 0.276 e. The SMILES string of the molecule is CC(C)C[C@H](COCc1ccccc1)NC1=N/C(=C\c2ccc3ncsc3c2)C(=O)N1. The highest BCUT2D eigenvalue weighted by atomic mass is 32.1. The minimum absolute atomic E-state index is 0.0515. The average Bonchev–Trinajstić information content (AvgIpc) is 3.34. The quantitative estimate of drug-likeness (QED) is 0.517. The fourth-order valence-corrected chi connectivity index (χ4v) is 4.21. The van der Waals surface area contributed by atoms with E-state index in [0.717, 1.165) is 27.8 Å². The summed E-state index contributed by atoms with van der Waals surface area (Å²) in [5, 5.41) is 6.18. The van der Waals surface area contributed by atoms with Gasteiger partial charge < -0.3 is 10.1 Å². The van der Waals surface area contributed by atoms with E-state index in [1.54, 1.807) is 17.4 Å². The van der Waals surface area contributed by atoms with Crippen molar-refractivity contribution in [3.8, 4) is 0 Å². The second kappa shape index (κ2) is 9.85. The third kappa shape index (κ3) is 5.77. The Morgan fingerprint density at radius 3 is 2.84 bits per heavy atom.